The van der Waals surface area contributed by atoms with Crippen molar-refractivity contribution >= 4 is 17.5 Å². The van der Waals surface area contributed by atoms with Crippen molar-refractivity contribution in [1.29, 1.82) is 0 Å². The van der Waals surface area contributed by atoms with Gasteiger partial charge in [-0.3, -0.25) is 9.59 Å². The van der Waals surface area contributed by atoms with E-state index in [1.54, 1.807) is 42.6 Å². The van der Waals surface area contributed by atoms with Crippen LogP contribution < -0.4 is 15.4 Å². The van der Waals surface area contributed by atoms with E-state index in [0.717, 1.165) is 12.8 Å². The van der Waals surface area contributed by atoms with Gasteiger partial charge in [-0.15, -0.1) is 0 Å². The Morgan fingerprint density at radius 2 is 1.83 bits per heavy atom. The van der Waals surface area contributed by atoms with Crippen LogP contribution in [0.4, 0.5) is 5.69 Å². The van der Waals surface area contributed by atoms with E-state index in [4.69, 9.17) is 4.74 Å². The van der Waals surface area contributed by atoms with Gasteiger partial charge >= 0.3 is 0 Å². The summed E-state index contributed by atoms with van der Waals surface area (Å²) in [5.41, 5.74) is 1.21. The van der Waals surface area contributed by atoms with E-state index >= 15 is 0 Å². The third kappa shape index (κ3) is 3.48. The molecular weight excluding hydrogens is 294 g/mol. The van der Waals surface area contributed by atoms with Gasteiger partial charge in [0.25, 0.3) is 11.8 Å². The number of para-hydroxylation sites is 1. The number of aromatic nitrogens is 1. The van der Waals surface area contributed by atoms with Gasteiger partial charge in [-0.2, -0.15) is 0 Å². The summed E-state index contributed by atoms with van der Waals surface area (Å²) in [6.07, 6.45) is 3.56. The molecule has 6 nitrogen and oxygen atoms in total. The Morgan fingerprint density at radius 3 is 2.57 bits per heavy atom. The molecule has 0 unspecified atom stereocenters. The molecule has 2 aromatic rings. The number of carbonyl (C=O) groups excluding carboxylic acids is 2. The Balaban J connectivity index is 1.82. The van der Waals surface area contributed by atoms with Crippen molar-refractivity contribution in [2.24, 2.45) is 0 Å². The van der Waals surface area contributed by atoms with E-state index in [-0.39, 0.29) is 23.7 Å². The molecule has 0 atom stereocenters. The van der Waals surface area contributed by atoms with Gasteiger partial charge < -0.3 is 15.4 Å². The largest absolute Gasteiger partial charge is 0.480 e. The van der Waals surface area contributed by atoms with Crippen LogP contribution in [0, 0.1) is 0 Å². The highest BCUT2D eigenvalue weighted by molar-refractivity contribution is 6.10. The molecule has 0 spiro atoms. The van der Waals surface area contributed by atoms with Crippen molar-refractivity contribution in [2.45, 2.75) is 18.9 Å². The Hall–Kier alpha value is -2.89. The second kappa shape index (κ2) is 6.48. The molecular formula is C17H17N3O3. The van der Waals surface area contributed by atoms with Crippen LogP contribution in [0.25, 0.3) is 0 Å². The van der Waals surface area contributed by atoms with Crippen molar-refractivity contribution in [3.8, 4) is 5.88 Å². The highest BCUT2D eigenvalue weighted by atomic mass is 16.5. The number of hydrogen-bond donors (Lipinski definition) is 2. The predicted molar refractivity (Wildman–Crippen MR) is 85.7 cm³/mol. The van der Waals surface area contributed by atoms with Crippen molar-refractivity contribution in [3.05, 3.63) is 53.7 Å². The predicted octanol–water partition coefficient (Wildman–Crippen LogP) is 2.23. The first kappa shape index (κ1) is 15.0. The molecule has 1 aromatic heterocycles. The number of ether oxygens (including phenoxy) is 1. The highest BCUT2D eigenvalue weighted by Crippen LogP contribution is 2.22. The first-order chi connectivity index (χ1) is 11.2. The molecule has 1 aliphatic carbocycles. The lowest BCUT2D eigenvalue weighted by molar-refractivity contribution is 0.0952. The molecule has 0 saturated heterocycles. The third-order valence-corrected chi connectivity index (χ3v) is 3.54. The van der Waals surface area contributed by atoms with E-state index in [2.05, 4.69) is 15.6 Å². The number of amides is 2. The maximum atomic E-state index is 12.4. The third-order valence-electron chi connectivity index (χ3n) is 3.54. The van der Waals surface area contributed by atoms with Crippen LogP contribution in [0.5, 0.6) is 5.88 Å². The normalized spacial score (nSPS) is 13.3. The standard InChI is InChI=1S/C17H17N3O3/c1-23-17-13(6-4-10-18-17)16(22)20-14-7-3-2-5-12(14)15(21)19-11-8-9-11/h2-7,10-11H,8-9H2,1H3,(H,19,21)(H,20,22). The van der Waals surface area contributed by atoms with Crippen LogP contribution >= 0.6 is 0 Å². The Kier molecular flexibility index (Phi) is 4.23. The fourth-order valence-electron chi connectivity index (χ4n) is 2.20. The van der Waals surface area contributed by atoms with E-state index in [9.17, 15) is 9.59 Å². The summed E-state index contributed by atoms with van der Waals surface area (Å²) >= 11 is 0. The van der Waals surface area contributed by atoms with Crippen molar-refractivity contribution in [1.82, 2.24) is 10.3 Å². The smallest absolute Gasteiger partial charge is 0.261 e. The Morgan fingerprint density at radius 1 is 1.09 bits per heavy atom. The van der Waals surface area contributed by atoms with Gasteiger partial charge in [0, 0.05) is 12.2 Å². The molecule has 1 aromatic carbocycles. The number of anilines is 1. The summed E-state index contributed by atoms with van der Waals surface area (Å²) in [5.74, 6) is -0.312. The van der Waals surface area contributed by atoms with Crippen LogP contribution in [0.1, 0.15) is 33.6 Å². The number of hydrogen-bond acceptors (Lipinski definition) is 4. The van der Waals surface area contributed by atoms with Crippen LogP contribution in [-0.2, 0) is 0 Å². The first-order valence-electron chi connectivity index (χ1n) is 7.39. The maximum absolute atomic E-state index is 12.4. The number of carbonyl (C=O) groups is 2. The number of nitrogens with one attached hydrogen (secondary N) is 2. The Bertz CT molecular complexity index is 741. The van der Waals surface area contributed by atoms with E-state index < -0.39 is 0 Å². The van der Waals surface area contributed by atoms with Gasteiger partial charge in [0.15, 0.2) is 0 Å². The second-order valence-corrected chi connectivity index (χ2v) is 5.31. The number of methoxy groups -OCH3 is 1. The SMILES string of the molecule is COc1ncccc1C(=O)Nc1ccccc1C(=O)NC1CC1. The zero-order valence-corrected chi connectivity index (χ0v) is 12.7. The molecule has 1 saturated carbocycles. The van der Waals surface area contributed by atoms with Gasteiger partial charge in [0.1, 0.15) is 5.56 Å². The molecule has 0 radical (unpaired) electrons. The van der Waals surface area contributed by atoms with Crippen LogP contribution in [0.2, 0.25) is 0 Å². The second-order valence-electron chi connectivity index (χ2n) is 5.31. The van der Waals surface area contributed by atoms with Crippen LogP contribution in [0.15, 0.2) is 42.6 Å². The van der Waals surface area contributed by atoms with Crippen LogP contribution in [0.3, 0.4) is 0 Å². The monoisotopic (exact) mass is 311 g/mol. The van der Waals surface area contributed by atoms with Gasteiger partial charge in [-0.1, -0.05) is 12.1 Å². The number of rotatable bonds is 5. The molecule has 1 aliphatic rings. The summed E-state index contributed by atoms with van der Waals surface area (Å²) in [7, 11) is 1.45. The zero-order chi connectivity index (χ0) is 16.2. The first-order valence-corrected chi connectivity index (χ1v) is 7.39. The lowest BCUT2D eigenvalue weighted by Gasteiger charge is -2.12. The minimum Gasteiger partial charge on any atom is -0.480 e. The lowest BCUT2D eigenvalue weighted by atomic mass is 10.1. The molecule has 1 fully saturated rings. The van der Waals surface area contributed by atoms with E-state index in [1.165, 1.54) is 7.11 Å². The van der Waals surface area contributed by atoms with E-state index in [0.29, 0.717) is 16.8 Å². The molecule has 0 bridgehead atoms. The highest BCUT2D eigenvalue weighted by Gasteiger charge is 2.25. The fraction of sp³-hybridized carbons (Fsp3) is 0.235. The molecule has 2 amide bonds. The number of benzene rings is 1. The number of pyridine rings is 1. The molecule has 1 heterocycles. The molecule has 118 valence electrons. The minimum absolute atomic E-state index is 0.179. The van der Waals surface area contributed by atoms with Gasteiger partial charge in [-0.05, 0) is 37.1 Å². The van der Waals surface area contributed by atoms with Crippen molar-refractivity contribution in [2.75, 3.05) is 12.4 Å². The molecule has 23 heavy (non-hydrogen) atoms. The topological polar surface area (TPSA) is 80.3 Å². The van der Waals surface area contributed by atoms with E-state index in [1.807, 2.05) is 0 Å². The average Bonchev–Trinajstić information content (AvgIpc) is 3.39. The van der Waals surface area contributed by atoms with Crippen molar-refractivity contribution in [3.63, 3.8) is 0 Å². The number of nitrogens with zero attached hydrogens (tertiary/aromatic N) is 1. The zero-order valence-electron chi connectivity index (χ0n) is 12.7. The quantitative estimate of drug-likeness (QED) is 0.887. The lowest BCUT2D eigenvalue weighted by Crippen LogP contribution is -2.27. The molecule has 3 rings (SSSR count). The van der Waals surface area contributed by atoms with Gasteiger partial charge in [0.2, 0.25) is 5.88 Å². The van der Waals surface area contributed by atoms with Gasteiger partial charge in [-0.25, -0.2) is 4.98 Å². The summed E-state index contributed by atoms with van der Waals surface area (Å²) in [6.45, 7) is 0. The van der Waals surface area contributed by atoms with Gasteiger partial charge in [0.05, 0.1) is 18.4 Å². The summed E-state index contributed by atoms with van der Waals surface area (Å²) in [4.78, 5) is 28.7. The van der Waals surface area contributed by atoms with Crippen molar-refractivity contribution < 1.29 is 14.3 Å². The molecule has 2 N–H and O–H groups in total. The Labute approximate surface area is 133 Å². The summed E-state index contributed by atoms with van der Waals surface area (Å²) < 4.78 is 5.09. The average molecular weight is 311 g/mol. The molecule has 0 aliphatic heterocycles. The summed E-state index contributed by atoms with van der Waals surface area (Å²) in [5, 5.41) is 5.68. The fourth-order valence-corrected chi connectivity index (χ4v) is 2.20. The molecule has 6 heteroatoms. The maximum Gasteiger partial charge on any atom is 0.261 e. The van der Waals surface area contributed by atoms with Crippen LogP contribution in [-0.4, -0.2) is 29.9 Å². The summed E-state index contributed by atoms with van der Waals surface area (Å²) in [6, 6.07) is 10.4. The minimum atomic E-state index is -0.373.